The molecule has 1 atom stereocenters. The number of sulfonamides is 1. The van der Waals surface area contributed by atoms with Gasteiger partial charge in [-0.15, -0.1) is 0 Å². The normalized spacial score (nSPS) is 18.3. The zero-order chi connectivity index (χ0) is 14.8. The van der Waals surface area contributed by atoms with Gasteiger partial charge in [0.05, 0.1) is 4.90 Å². The molecule has 1 fully saturated rings. The maximum absolute atomic E-state index is 12.3. The topological polar surface area (TPSA) is 75.4 Å². The van der Waals surface area contributed by atoms with Gasteiger partial charge in [0.1, 0.15) is 0 Å². The Kier molecular flexibility index (Phi) is 4.67. The van der Waals surface area contributed by atoms with E-state index in [4.69, 9.17) is 5.73 Å². The van der Waals surface area contributed by atoms with Gasteiger partial charge in [0.15, 0.2) is 0 Å². The Morgan fingerprint density at radius 1 is 1.30 bits per heavy atom. The number of aryl methyl sites for hydroxylation is 1. The number of likely N-dealkylation sites (tertiary alicyclic amines) is 1. The van der Waals surface area contributed by atoms with Gasteiger partial charge in [-0.1, -0.05) is 0 Å². The van der Waals surface area contributed by atoms with E-state index in [0.29, 0.717) is 12.2 Å². The molecule has 1 aromatic rings. The third kappa shape index (κ3) is 3.71. The van der Waals surface area contributed by atoms with Gasteiger partial charge in [-0.25, -0.2) is 13.1 Å². The van der Waals surface area contributed by atoms with Crippen molar-refractivity contribution in [2.75, 3.05) is 25.4 Å². The zero-order valence-corrected chi connectivity index (χ0v) is 12.9. The Balaban J connectivity index is 2.03. The van der Waals surface area contributed by atoms with E-state index in [2.05, 4.69) is 16.5 Å². The third-order valence-electron chi connectivity index (χ3n) is 3.72. The first-order valence-electron chi connectivity index (χ1n) is 6.99. The smallest absolute Gasteiger partial charge is 0.240 e. The maximum atomic E-state index is 12.3. The van der Waals surface area contributed by atoms with Crippen molar-refractivity contribution < 1.29 is 8.42 Å². The van der Waals surface area contributed by atoms with E-state index < -0.39 is 10.0 Å². The van der Waals surface area contributed by atoms with Gasteiger partial charge in [0.25, 0.3) is 0 Å². The fourth-order valence-electron chi connectivity index (χ4n) is 2.56. The van der Waals surface area contributed by atoms with E-state index in [-0.39, 0.29) is 10.9 Å². The largest absolute Gasteiger partial charge is 0.399 e. The number of hydrogen-bond donors (Lipinski definition) is 2. The molecule has 0 bridgehead atoms. The van der Waals surface area contributed by atoms with Crippen LogP contribution in [0.5, 0.6) is 0 Å². The van der Waals surface area contributed by atoms with Crippen molar-refractivity contribution in [2.45, 2.75) is 37.6 Å². The second-order valence-corrected chi connectivity index (χ2v) is 7.29. The minimum Gasteiger partial charge on any atom is -0.399 e. The molecule has 1 unspecified atom stereocenters. The molecule has 1 heterocycles. The number of anilines is 1. The molecule has 0 aromatic heterocycles. The summed E-state index contributed by atoms with van der Waals surface area (Å²) in [6.07, 6.45) is 2.40. The minimum absolute atomic E-state index is 0.217. The number of benzene rings is 1. The predicted molar refractivity (Wildman–Crippen MR) is 81.0 cm³/mol. The Morgan fingerprint density at radius 3 is 2.55 bits per heavy atom. The molecule has 0 saturated carbocycles. The molecule has 1 aliphatic heterocycles. The van der Waals surface area contributed by atoms with Crippen LogP contribution in [0.15, 0.2) is 23.1 Å². The standard InChI is InChI=1S/C14H23N3O2S/c1-11-7-13(15)9-14(8-11)20(18,19)16-10-12(2)17-5-3-4-6-17/h7-9,12,16H,3-6,10,15H2,1-2H3. The molecular formula is C14H23N3O2S. The van der Waals surface area contributed by atoms with Gasteiger partial charge in [-0.3, -0.25) is 4.90 Å². The van der Waals surface area contributed by atoms with Crippen LogP contribution in [0.2, 0.25) is 0 Å². The lowest BCUT2D eigenvalue weighted by atomic mass is 10.2. The number of nitrogens with one attached hydrogen (secondary N) is 1. The number of nitrogen functional groups attached to an aromatic ring is 1. The number of nitrogens with zero attached hydrogens (tertiary/aromatic N) is 1. The molecule has 2 rings (SSSR count). The molecule has 1 saturated heterocycles. The van der Waals surface area contributed by atoms with Gasteiger partial charge in [0.2, 0.25) is 10.0 Å². The Morgan fingerprint density at radius 2 is 1.95 bits per heavy atom. The van der Waals surface area contributed by atoms with Crippen molar-refractivity contribution in [3.63, 3.8) is 0 Å². The fraction of sp³-hybridized carbons (Fsp3) is 0.571. The molecule has 20 heavy (non-hydrogen) atoms. The minimum atomic E-state index is -3.49. The average molecular weight is 297 g/mol. The van der Waals surface area contributed by atoms with Crippen molar-refractivity contribution in [3.8, 4) is 0 Å². The fourth-order valence-corrected chi connectivity index (χ4v) is 3.82. The second-order valence-electron chi connectivity index (χ2n) is 5.52. The number of hydrogen-bond acceptors (Lipinski definition) is 4. The molecule has 1 aliphatic rings. The third-order valence-corrected chi connectivity index (χ3v) is 5.12. The van der Waals surface area contributed by atoms with E-state index in [1.54, 1.807) is 12.1 Å². The van der Waals surface area contributed by atoms with Crippen LogP contribution in [0, 0.1) is 6.92 Å². The van der Waals surface area contributed by atoms with Crippen LogP contribution in [0.1, 0.15) is 25.3 Å². The van der Waals surface area contributed by atoms with Crippen LogP contribution in [0.4, 0.5) is 5.69 Å². The lowest BCUT2D eigenvalue weighted by Gasteiger charge is -2.23. The van der Waals surface area contributed by atoms with Crippen LogP contribution < -0.4 is 10.5 Å². The molecule has 0 amide bonds. The summed E-state index contributed by atoms with van der Waals surface area (Å²) in [5, 5.41) is 0. The quantitative estimate of drug-likeness (QED) is 0.804. The van der Waals surface area contributed by atoms with Crippen LogP contribution in [-0.2, 0) is 10.0 Å². The van der Waals surface area contributed by atoms with Crippen LogP contribution in [-0.4, -0.2) is 39.0 Å². The van der Waals surface area contributed by atoms with Gasteiger partial charge in [-0.2, -0.15) is 0 Å². The zero-order valence-electron chi connectivity index (χ0n) is 12.1. The molecule has 0 aliphatic carbocycles. The highest BCUT2D eigenvalue weighted by Crippen LogP contribution is 2.17. The summed E-state index contributed by atoms with van der Waals surface area (Å²) in [7, 11) is -3.49. The Hall–Kier alpha value is -1.11. The van der Waals surface area contributed by atoms with E-state index in [1.807, 2.05) is 6.92 Å². The Bertz CT molecular complexity index is 546. The molecule has 112 valence electrons. The first-order valence-corrected chi connectivity index (χ1v) is 8.48. The van der Waals surface area contributed by atoms with Crippen LogP contribution in [0.3, 0.4) is 0 Å². The van der Waals surface area contributed by atoms with Crippen molar-refractivity contribution in [2.24, 2.45) is 0 Å². The van der Waals surface area contributed by atoms with Gasteiger partial charge in [-0.05, 0) is 63.5 Å². The van der Waals surface area contributed by atoms with Gasteiger partial charge in [0, 0.05) is 18.3 Å². The van der Waals surface area contributed by atoms with Crippen molar-refractivity contribution >= 4 is 15.7 Å². The Labute approximate surface area is 121 Å². The summed E-state index contributed by atoms with van der Waals surface area (Å²) >= 11 is 0. The van der Waals surface area contributed by atoms with E-state index in [9.17, 15) is 8.42 Å². The molecule has 6 heteroatoms. The first-order chi connectivity index (χ1) is 9.38. The second kappa shape index (κ2) is 6.11. The van der Waals surface area contributed by atoms with Gasteiger partial charge < -0.3 is 5.73 Å². The van der Waals surface area contributed by atoms with E-state index in [1.165, 1.54) is 18.9 Å². The van der Waals surface area contributed by atoms with Crippen LogP contribution in [0.25, 0.3) is 0 Å². The summed E-state index contributed by atoms with van der Waals surface area (Å²) in [4.78, 5) is 2.55. The lowest BCUT2D eigenvalue weighted by Crippen LogP contribution is -2.40. The first kappa shape index (κ1) is 15.3. The molecule has 0 radical (unpaired) electrons. The highest BCUT2D eigenvalue weighted by Gasteiger charge is 2.21. The predicted octanol–water partition coefficient (Wildman–Crippen LogP) is 1.34. The van der Waals surface area contributed by atoms with E-state index in [0.717, 1.165) is 18.7 Å². The molecule has 1 aromatic carbocycles. The van der Waals surface area contributed by atoms with Crippen molar-refractivity contribution in [1.82, 2.24) is 9.62 Å². The lowest BCUT2D eigenvalue weighted by molar-refractivity contribution is 0.260. The average Bonchev–Trinajstić information content (AvgIpc) is 2.88. The van der Waals surface area contributed by atoms with Crippen molar-refractivity contribution in [1.29, 1.82) is 0 Å². The SMILES string of the molecule is Cc1cc(N)cc(S(=O)(=O)NCC(C)N2CCCC2)c1. The summed E-state index contributed by atoms with van der Waals surface area (Å²) in [6.45, 7) is 6.43. The van der Waals surface area contributed by atoms with Crippen molar-refractivity contribution in [3.05, 3.63) is 23.8 Å². The monoisotopic (exact) mass is 297 g/mol. The summed E-state index contributed by atoms with van der Waals surface area (Å²) in [5.41, 5.74) is 7.03. The summed E-state index contributed by atoms with van der Waals surface area (Å²) < 4.78 is 27.2. The molecular weight excluding hydrogens is 274 g/mol. The van der Waals surface area contributed by atoms with E-state index >= 15 is 0 Å². The summed E-state index contributed by atoms with van der Waals surface area (Å²) in [6, 6.07) is 5.11. The molecule has 5 nitrogen and oxygen atoms in total. The van der Waals surface area contributed by atoms with Crippen LogP contribution >= 0.6 is 0 Å². The highest BCUT2D eigenvalue weighted by molar-refractivity contribution is 7.89. The highest BCUT2D eigenvalue weighted by atomic mass is 32.2. The summed E-state index contributed by atoms with van der Waals surface area (Å²) in [5.74, 6) is 0. The number of rotatable bonds is 5. The number of nitrogens with two attached hydrogens (primary N) is 1. The van der Waals surface area contributed by atoms with Gasteiger partial charge >= 0.3 is 0 Å². The molecule has 3 N–H and O–H groups in total. The maximum Gasteiger partial charge on any atom is 0.240 e. The molecule has 0 spiro atoms.